The third kappa shape index (κ3) is 5.65. The van der Waals surface area contributed by atoms with Crippen molar-refractivity contribution in [1.29, 1.82) is 0 Å². The molecule has 0 aliphatic carbocycles. The van der Waals surface area contributed by atoms with E-state index < -0.39 is 0 Å². The zero-order valence-electron chi connectivity index (χ0n) is 16.2. The molecule has 3 aromatic carbocycles. The maximum atomic E-state index is 12.3. The van der Waals surface area contributed by atoms with Crippen molar-refractivity contribution in [2.45, 2.75) is 0 Å². The van der Waals surface area contributed by atoms with Crippen LogP contribution in [-0.4, -0.2) is 37.5 Å². The van der Waals surface area contributed by atoms with E-state index in [1.807, 2.05) is 42.5 Å². The summed E-state index contributed by atoms with van der Waals surface area (Å²) in [7, 11) is 3.09. The molecular formula is C22H22N2O4S. The van der Waals surface area contributed by atoms with E-state index in [1.54, 1.807) is 32.4 Å². The number of thioether (sulfide) groups is 1. The van der Waals surface area contributed by atoms with Crippen LogP contribution in [0.25, 0.3) is 10.8 Å². The van der Waals surface area contributed by atoms with Crippen LogP contribution in [0.15, 0.2) is 60.7 Å². The third-order valence-corrected chi connectivity index (χ3v) is 5.10. The minimum atomic E-state index is -0.205. The molecule has 0 saturated heterocycles. The van der Waals surface area contributed by atoms with Crippen molar-refractivity contribution in [1.82, 2.24) is 0 Å². The number of benzene rings is 3. The van der Waals surface area contributed by atoms with Gasteiger partial charge in [0.25, 0.3) is 0 Å². The number of methoxy groups -OCH3 is 2. The minimum absolute atomic E-state index is 0.151. The fourth-order valence-electron chi connectivity index (χ4n) is 2.83. The molecule has 0 radical (unpaired) electrons. The van der Waals surface area contributed by atoms with Crippen molar-refractivity contribution in [3.8, 4) is 11.5 Å². The fraction of sp³-hybridized carbons (Fsp3) is 0.182. The van der Waals surface area contributed by atoms with Crippen LogP contribution >= 0.6 is 11.8 Å². The molecule has 150 valence electrons. The van der Waals surface area contributed by atoms with Crippen molar-refractivity contribution < 1.29 is 19.1 Å². The first-order chi connectivity index (χ1) is 14.1. The van der Waals surface area contributed by atoms with Crippen LogP contribution in [0.2, 0.25) is 0 Å². The van der Waals surface area contributed by atoms with Gasteiger partial charge in [-0.25, -0.2) is 0 Å². The molecule has 0 saturated carbocycles. The molecule has 2 amide bonds. The van der Waals surface area contributed by atoms with E-state index >= 15 is 0 Å². The Kier molecular flexibility index (Phi) is 6.97. The number of anilines is 2. The van der Waals surface area contributed by atoms with Crippen molar-refractivity contribution in [3.05, 3.63) is 60.7 Å². The van der Waals surface area contributed by atoms with Crippen LogP contribution in [0.5, 0.6) is 11.5 Å². The van der Waals surface area contributed by atoms with Crippen molar-refractivity contribution in [2.75, 3.05) is 36.4 Å². The van der Waals surface area contributed by atoms with Gasteiger partial charge < -0.3 is 20.1 Å². The molecule has 0 aliphatic heterocycles. The summed E-state index contributed by atoms with van der Waals surface area (Å²) in [4.78, 5) is 24.4. The average molecular weight is 410 g/mol. The average Bonchev–Trinajstić information content (AvgIpc) is 2.73. The summed E-state index contributed by atoms with van der Waals surface area (Å²) in [5.41, 5.74) is 1.34. The molecule has 0 aromatic heterocycles. The molecule has 0 aliphatic rings. The lowest BCUT2D eigenvalue weighted by Crippen LogP contribution is -2.18. The molecule has 3 aromatic rings. The Labute approximate surface area is 173 Å². The molecule has 0 atom stereocenters. The van der Waals surface area contributed by atoms with E-state index in [0.29, 0.717) is 17.2 Å². The van der Waals surface area contributed by atoms with Gasteiger partial charge in [-0.1, -0.05) is 36.4 Å². The first kappa shape index (κ1) is 20.5. The van der Waals surface area contributed by atoms with Gasteiger partial charge >= 0.3 is 0 Å². The molecule has 0 fully saturated rings. The number of carbonyl (C=O) groups is 2. The van der Waals surface area contributed by atoms with E-state index in [4.69, 9.17) is 9.47 Å². The van der Waals surface area contributed by atoms with Gasteiger partial charge in [0.05, 0.1) is 25.7 Å². The number of hydrogen-bond donors (Lipinski definition) is 2. The van der Waals surface area contributed by atoms with Gasteiger partial charge in [-0.15, -0.1) is 11.8 Å². The summed E-state index contributed by atoms with van der Waals surface area (Å²) in [6, 6.07) is 18.8. The lowest BCUT2D eigenvalue weighted by atomic mass is 10.1. The van der Waals surface area contributed by atoms with Crippen molar-refractivity contribution in [2.24, 2.45) is 0 Å². The largest absolute Gasteiger partial charge is 0.497 e. The Bertz CT molecular complexity index is 995. The highest BCUT2D eigenvalue weighted by Crippen LogP contribution is 2.26. The number of amides is 2. The number of ether oxygens (including phenoxy) is 2. The number of fused-ring (bicyclic) bond motifs is 1. The maximum absolute atomic E-state index is 12.3. The predicted molar refractivity (Wildman–Crippen MR) is 118 cm³/mol. The van der Waals surface area contributed by atoms with Gasteiger partial charge in [-0.3, -0.25) is 9.59 Å². The quantitative estimate of drug-likeness (QED) is 0.583. The normalized spacial score (nSPS) is 10.4. The highest BCUT2D eigenvalue weighted by Gasteiger charge is 2.09. The van der Waals surface area contributed by atoms with Crippen LogP contribution in [0.3, 0.4) is 0 Å². The van der Waals surface area contributed by atoms with Crippen molar-refractivity contribution >= 4 is 45.7 Å². The SMILES string of the molecule is COc1cc(NC(=O)CSCC(=O)Nc2cccc3ccccc23)cc(OC)c1. The van der Waals surface area contributed by atoms with Gasteiger partial charge in [0.1, 0.15) is 11.5 Å². The van der Waals surface area contributed by atoms with Crippen molar-refractivity contribution in [3.63, 3.8) is 0 Å². The van der Waals surface area contributed by atoms with E-state index in [-0.39, 0.29) is 23.3 Å². The highest BCUT2D eigenvalue weighted by atomic mass is 32.2. The van der Waals surface area contributed by atoms with E-state index in [2.05, 4.69) is 10.6 Å². The van der Waals surface area contributed by atoms with Crippen LogP contribution in [-0.2, 0) is 9.59 Å². The maximum Gasteiger partial charge on any atom is 0.234 e. The van der Waals surface area contributed by atoms with E-state index in [1.165, 1.54) is 11.8 Å². The van der Waals surface area contributed by atoms with Crippen LogP contribution in [0, 0.1) is 0 Å². The zero-order chi connectivity index (χ0) is 20.6. The van der Waals surface area contributed by atoms with Gasteiger partial charge in [-0.2, -0.15) is 0 Å². The molecular weight excluding hydrogens is 388 g/mol. The summed E-state index contributed by atoms with van der Waals surface area (Å²) in [5, 5.41) is 7.75. The first-order valence-electron chi connectivity index (χ1n) is 8.97. The third-order valence-electron chi connectivity index (χ3n) is 4.17. The predicted octanol–water partition coefficient (Wildman–Crippen LogP) is 4.17. The summed E-state index contributed by atoms with van der Waals surface area (Å²) in [6.45, 7) is 0. The second kappa shape index (κ2) is 9.84. The molecule has 3 rings (SSSR count). The Morgan fingerprint density at radius 1 is 0.828 bits per heavy atom. The molecule has 6 nitrogen and oxygen atoms in total. The molecule has 2 N–H and O–H groups in total. The Hall–Kier alpha value is -3.19. The topological polar surface area (TPSA) is 76.7 Å². The summed E-state index contributed by atoms with van der Waals surface area (Å²) in [6.07, 6.45) is 0. The molecule has 7 heteroatoms. The molecule has 0 unspecified atom stereocenters. The second-order valence-electron chi connectivity index (χ2n) is 6.22. The molecule has 0 bridgehead atoms. The number of carbonyl (C=O) groups excluding carboxylic acids is 2. The summed E-state index contributed by atoms with van der Waals surface area (Å²) in [5.74, 6) is 1.15. The van der Waals surface area contributed by atoms with E-state index in [0.717, 1.165) is 16.5 Å². The first-order valence-corrected chi connectivity index (χ1v) is 10.1. The molecule has 0 spiro atoms. The highest BCUT2D eigenvalue weighted by molar-refractivity contribution is 8.00. The number of nitrogens with one attached hydrogen (secondary N) is 2. The van der Waals surface area contributed by atoms with Gasteiger partial charge in [-0.05, 0) is 11.5 Å². The monoisotopic (exact) mass is 410 g/mol. The van der Waals surface area contributed by atoms with Gasteiger partial charge in [0.15, 0.2) is 0 Å². The summed E-state index contributed by atoms with van der Waals surface area (Å²) < 4.78 is 10.4. The number of hydrogen-bond acceptors (Lipinski definition) is 5. The van der Waals surface area contributed by atoms with Gasteiger partial charge in [0.2, 0.25) is 11.8 Å². The zero-order valence-corrected chi connectivity index (χ0v) is 17.0. The fourth-order valence-corrected chi connectivity index (χ4v) is 3.45. The Balaban J connectivity index is 1.50. The lowest BCUT2D eigenvalue weighted by molar-refractivity contribution is -0.114. The summed E-state index contributed by atoms with van der Waals surface area (Å²) >= 11 is 1.25. The van der Waals surface area contributed by atoms with Crippen LogP contribution in [0.4, 0.5) is 11.4 Å². The molecule has 29 heavy (non-hydrogen) atoms. The van der Waals surface area contributed by atoms with E-state index in [9.17, 15) is 9.59 Å². The Morgan fingerprint density at radius 3 is 2.14 bits per heavy atom. The standard InChI is InChI=1S/C22H22N2O4S/c1-27-17-10-16(11-18(12-17)28-2)23-21(25)13-29-14-22(26)24-20-9-5-7-15-6-3-4-8-19(15)20/h3-12H,13-14H2,1-2H3,(H,23,25)(H,24,26). The second-order valence-corrected chi connectivity index (χ2v) is 7.20. The molecule has 0 heterocycles. The minimum Gasteiger partial charge on any atom is -0.497 e. The Morgan fingerprint density at radius 2 is 1.45 bits per heavy atom. The number of rotatable bonds is 8. The smallest absolute Gasteiger partial charge is 0.234 e. The van der Waals surface area contributed by atoms with Crippen LogP contribution < -0.4 is 20.1 Å². The lowest BCUT2D eigenvalue weighted by Gasteiger charge is -2.10. The van der Waals surface area contributed by atoms with Crippen LogP contribution in [0.1, 0.15) is 0 Å². The van der Waals surface area contributed by atoms with Gasteiger partial charge in [0, 0.05) is 35.0 Å².